The number of anilines is 1. The highest BCUT2D eigenvalue weighted by atomic mass is 19.1. The van der Waals surface area contributed by atoms with E-state index in [1.807, 2.05) is 7.05 Å². The van der Waals surface area contributed by atoms with Crippen molar-refractivity contribution in [3.63, 3.8) is 0 Å². The SMILES string of the molecule is COCCCN(C)Cc1cc(N)cc(F)c1. The van der Waals surface area contributed by atoms with Gasteiger partial charge in [-0.25, -0.2) is 4.39 Å². The maximum atomic E-state index is 13.1. The van der Waals surface area contributed by atoms with E-state index in [1.165, 1.54) is 12.1 Å². The summed E-state index contributed by atoms with van der Waals surface area (Å²) in [4.78, 5) is 2.12. The van der Waals surface area contributed by atoms with Crippen molar-refractivity contribution in [3.05, 3.63) is 29.6 Å². The Morgan fingerprint density at radius 3 is 2.75 bits per heavy atom. The molecule has 0 spiro atoms. The number of hydrogen-bond acceptors (Lipinski definition) is 3. The van der Waals surface area contributed by atoms with Gasteiger partial charge in [0.2, 0.25) is 0 Å². The quantitative estimate of drug-likeness (QED) is 0.594. The summed E-state index contributed by atoms with van der Waals surface area (Å²) in [6.07, 6.45) is 0.970. The fourth-order valence-corrected chi connectivity index (χ4v) is 1.64. The molecule has 0 radical (unpaired) electrons. The summed E-state index contributed by atoms with van der Waals surface area (Å²) in [5.74, 6) is -0.278. The van der Waals surface area contributed by atoms with Gasteiger partial charge < -0.3 is 15.4 Å². The van der Waals surface area contributed by atoms with Crippen LogP contribution >= 0.6 is 0 Å². The van der Waals surface area contributed by atoms with E-state index in [0.29, 0.717) is 12.2 Å². The van der Waals surface area contributed by atoms with Gasteiger partial charge >= 0.3 is 0 Å². The van der Waals surface area contributed by atoms with Crippen LogP contribution in [0.1, 0.15) is 12.0 Å². The normalized spacial score (nSPS) is 11.0. The summed E-state index contributed by atoms with van der Waals surface area (Å²) < 4.78 is 18.0. The van der Waals surface area contributed by atoms with Crippen molar-refractivity contribution in [1.82, 2.24) is 4.90 Å². The summed E-state index contributed by atoms with van der Waals surface area (Å²) in [7, 11) is 3.68. The molecular formula is C12H19FN2O. The minimum Gasteiger partial charge on any atom is -0.399 e. The summed E-state index contributed by atoms with van der Waals surface area (Å²) in [6.45, 7) is 2.37. The summed E-state index contributed by atoms with van der Waals surface area (Å²) in [6, 6.07) is 4.65. The van der Waals surface area contributed by atoms with Crippen molar-refractivity contribution in [1.29, 1.82) is 0 Å². The first-order valence-electron chi connectivity index (χ1n) is 5.34. The first-order chi connectivity index (χ1) is 7.61. The van der Waals surface area contributed by atoms with Crippen molar-refractivity contribution in [2.45, 2.75) is 13.0 Å². The molecule has 0 amide bonds. The predicted octanol–water partition coefficient (Wildman–Crippen LogP) is 1.88. The number of methoxy groups -OCH3 is 1. The number of ether oxygens (including phenoxy) is 1. The third-order valence-corrected chi connectivity index (χ3v) is 2.32. The van der Waals surface area contributed by atoms with Gasteiger partial charge in [0.05, 0.1) is 0 Å². The minimum atomic E-state index is -0.278. The number of nitrogens with two attached hydrogens (primary N) is 1. The molecule has 0 bridgehead atoms. The molecule has 1 rings (SSSR count). The van der Waals surface area contributed by atoms with Crippen molar-refractivity contribution in [2.24, 2.45) is 0 Å². The second-order valence-corrected chi connectivity index (χ2v) is 3.98. The molecule has 0 saturated carbocycles. The first kappa shape index (κ1) is 12.9. The van der Waals surface area contributed by atoms with Crippen molar-refractivity contribution in [2.75, 3.05) is 33.0 Å². The molecule has 0 atom stereocenters. The Balaban J connectivity index is 2.45. The van der Waals surface area contributed by atoms with Gasteiger partial charge in [-0.1, -0.05) is 0 Å². The van der Waals surface area contributed by atoms with Crippen LogP contribution in [0.25, 0.3) is 0 Å². The van der Waals surface area contributed by atoms with E-state index < -0.39 is 0 Å². The Morgan fingerprint density at radius 1 is 1.38 bits per heavy atom. The Morgan fingerprint density at radius 2 is 2.12 bits per heavy atom. The topological polar surface area (TPSA) is 38.5 Å². The smallest absolute Gasteiger partial charge is 0.125 e. The number of hydrogen-bond donors (Lipinski definition) is 1. The fourth-order valence-electron chi connectivity index (χ4n) is 1.64. The van der Waals surface area contributed by atoms with E-state index in [2.05, 4.69) is 4.90 Å². The molecule has 3 nitrogen and oxygen atoms in total. The van der Waals surface area contributed by atoms with E-state index in [0.717, 1.165) is 25.1 Å². The van der Waals surface area contributed by atoms with Crippen LogP contribution in [-0.4, -0.2) is 32.2 Å². The molecule has 0 unspecified atom stereocenters. The van der Waals surface area contributed by atoms with Crippen LogP contribution in [-0.2, 0) is 11.3 Å². The Bertz CT molecular complexity index is 311. The molecule has 16 heavy (non-hydrogen) atoms. The lowest BCUT2D eigenvalue weighted by Gasteiger charge is -2.16. The van der Waals surface area contributed by atoms with Crippen LogP contribution in [0.3, 0.4) is 0 Å². The number of nitrogen functional groups attached to an aromatic ring is 1. The molecule has 1 aromatic carbocycles. The zero-order valence-electron chi connectivity index (χ0n) is 9.87. The second kappa shape index (κ2) is 6.45. The lowest BCUT2D eigenvalue weighted by atomic mass is 10.2. The van der Waals surface area contributed by atoms with E-state index in [9.17, 15) is 4.39 Å². The second-order valence-electron chi connectivity index (χ2n) is 3.98. The van der Waals surface area contributed by atoms with Gasteiger partial charge in [0.15, 0.2) is 0 Å². The highest BCUT2D eigenvalue weighted by Crippen LogP contribution is 2.12. The molecule has 90 valence electrons. The number of nitrogens with zero attached hydrogens (tertiary/aromatic N) is 1. The van der Waals surface area contributed by atoms with Gasteiger partial charge in [0.25, 0.3) is 0 Å². The maximum Gasteiger partial charge on any atom is 0.125 e. The van der Waals surface area contributed by atoms with Crippen molar-refractivity contribution < 1.29 is 9.13 Å². The largest absolute Gasteiger partial charge is 0.399 e. The lowest BCUT2D eigenvalue weighted by Crippen LogP contribution is -2.20. The molecule has 0 aliphatic carbocycles. The average molecular weight is 226 g/mol. The molecule has 1 aromatic rings. The van der Waals surface area contributed by atoms with Crippen molar-refractivity contribution in [3.8, 4) is 0 Å². The first-order valence-corrected chi connectivity index (χ1v) is 5.34. The van der Waals surface area contributed by atoms with Crippen LogP contribution in [0, 0.1) is 5.82 Å². The molecule has 0 aromatic heterocycles. The molecule has 0 fully saturated rings. The van der Waals surface area contributed by atoms with E-state index in [1.54, 1.807) is 13.2 Å². The molecular weight excluding hydrogens is 207 g/mol. The van der Waals surface area contributed by atoms with Gasteiger partial charge in [-0.2, -0.15) is 0 Å². The van der Waals surface area contributed by atoms with Gasteiger partial charge in [-0.15, -0.1) is 0 Å². The average Bonchev–Trinajstić information content (AvgIpc) is 2.16. The summed E-state index contributed by atoms with van der Waals surface area (Å²) in [5, 5.41) is 0. The van der Waals surface area contributed by atoms with E-state index in [4.69, 9.17) is 10.5 Å². The molecule has 4 heteroatoms. The monoisotopic (exact) mass is 226 g/mol. The van der Waals surface area contributed by atoms with Gasteiger partial charge in [-0.05, 0) is 37.2 Å². The predicted molar refractivity (Wildman–Crippen MR) is 63.6 cm³/mol. The number of rotatable bonds is 6. The standard InChI is InChI=1S/C12H19FN2O/c1-15(4-3-5-16-2)9-10-6-11(13)8-12(14)7-10/h6-8H,3-5,9,14H2,1-2H3. The number of benzene rings is 1. The minimum absolute atomic E-state index is 0.278. The van der Waals surface area contributed by atoms with Gasteiger partial charge in [-0.3, -0.25) is 0 Å². The molecule has 0 aliphatic heterocycles. The maximum absolute atomic E-state index is 13.1. The molecule has 0 heterocycles. The zero-order valence-corrected chi connectivity index (χ0v) is 9.87. The van der Waals surface area contributed by atoms with Crippen LogP contribution in [0.15, 0.2) is 18.2 Å². The molecule has 2 N–H and O–H groups in total. The van der Waals surface area contributed by atoms with Gasteiger partial charge in [0, 0.05) is 32.5 Å². The third kappa shape index (κ3) is 4.59. The van der Waals surface area contributed by atoms with Gasteiger partial charge in [0.1, 0.15) is 5.82 Å². The third-order valence-electron chi connectivity index (χ3n) is 2.32. The van der Waals surface area contributed by atoms with Crippen molar-refractivity contribution >= 4 is 5.69 Å². The Kier molecular flexibility index (Phi) is 5.22. The summed E-state index contributed by atoms with van der Waals surface area (Å²) >= 11 is 0. The highest BCUT2D eigenvalue weighted by Gasteiger charge is 2.02. The Hall–Kier alpha value is -1.13. The Labute approximate surface area is 96.0 Å². The zero-order chi connectivity index (χ0) is 12.0. The molecule has 0 aliphatic rings. The van der Waals surface area contributed by atoms with E-state index in [-0.39, 0.29) is 5.82 Å². The lowest BCUT2D eigenvalue weighted by molar-refractivity contribution is 0.178. The van der Waals surface area contributed by atoms with E-state index >= 15 is 0 Å². The summed E-state index contributed by atoms with van der Waals surface area (Å²) in [5.41, 5.74) is 6.95. The van der Waals surface area contributed by atoms with Crippen LogP contribution < -0.4 is 5.73 Å². The molecule has 0 saturated heterocycles. The highest BCUT2D eigenvalue weighted by molar-refractivity contribution is 5.41. The van der Waals surface area contributed by atoms with Crippen LogP contribution in [0.4, 0.5) is 10.1 Å². The number of halogens is 1. The fraction of sp³-hybridized carbons (Fsp3) is 0.500. The van der Waals surface area contributed by atoms with Crippen LogP contribution in [0.2, 0.25) is 0 Å². The van der Waals surface area contributed by atoms with Crippen LogP contribution in [0.5, 0.6) is 0 Å².